The normalized spacial score (nSPS) is 13.5. The number of nitrogens with two attached hydrogens (primary N) is 1. The van der Waals surface area contributed by atoms with Crippen molar-refractivity contribution in [3.8, 4) is 0 Å². The Labute approximate surface area is 281 Å². The number of nitrogens with one attached hydrogen (secondary N) is 3. The van der Waals surface area contributed by atoms with E-state index in [1.54, 1.807) is 76.2 Å². The monoisotopic (exact) mass is 668 g/mol. The van der Waals surface area contributed by atoms with Gasteiger partial charge in [0.25, 0.3) is 0 Å². The number of alkyl carbamates (subject to hydrolysis) is 1. The number of benzene rings is 2. The fraction of sp³-hybridized carbons (Fsp3) is 0.486. The van der Waals surface area contributed by atoms with Crippen LogP contribution in [0.25, 0.3) is 0 Å². The fourth-order valence-corrected chi connectivity index (χ4v) is 4.37. The van der Waals surface area contributed by atoms with Gasteiger partial charge < -0.3 is 35.9 Å². The maximum Gasteiger partial charge on any atom is 0.408 e. The molecule has 0 saturated carbocycles. The molecule has 0 aromatic heterocycles. The molecule has 0 saturated heterocycles. The first-order chi connectivity index (χ1) is 22.7. The SMILES string of the molecule is CC[C@H](C)[C@@H](NC(=O)OC(C)(C)C)C(=O)N[C@@H](CCC(=O)OCc1ccccc1)C(=O)N[C@@H](CCC(=O)OCc1ccccc1)C(N)=O. The van der Waals surface area contributed by atoms with Crippen LogP contribution in [0.3, 0.4) is 0 Å². The summed E-state index contributed by atoms with van der Waals surface area (Å²) in [6, 6.07) is 14.3. The number of esters is 2. The number of carbonyl (C=O) groups is 6. The van der Waals surface area contributed by atoms with Crippen molar-refractivity contribution in [1.82, 2.24) is 16.0 Å². The molecule has 0 bridgehead atoms. The van der Waals surface area contributed by atoms with Gasteiger partial charge in [-0.3, -0.25) is 24.0 Å². The minimum atomic E-state index is -1.33. The van der Waals surface area contributed by atoms with Gasteiger partial charge in [-0.2, -0.15) is 0 Å². The van der Waals surface area contributed by atoms with Crippen LogP contribution in [0.15, 0.2) is 60.7 Å². The van der Waals surface area contributed by atoms with Gasteiger partial charge in [0.1, 0.15) is 36.9 Å². The van der Waals surface area contributed by atoms with Gasteiger partial charge in [-0.1, -0.05) is 80.9 Å². The summed E-state index contributed by atoms with van der Waals surface area (Å²) in [6.45, 7) is 8.68. The lowest BCUT2D eigenvalue weighted by molar-refractivity contribution is -0.146. The van der Waals surface area contributed by atoms with E-state index in [-0.39, 0.29) is 44.8 Å². The van der Waals surface area contributed by atoms with Crippen molar-refractivity contribution < 1.29 is 43.0 Å². The van der Waals surface area contributed by atoms with Gasteiger partial charge in [-0.05, 0) is 50.7 Å². The van der Waals surface area contributed by atoms with E-state index in [0.717, 1.165) is 11.1 Å². The lowest BCUT2D eigenvalue weighted by Gasteiger charge is -2.28. The third-order valence-corrected chi connectivity index (χ3v) is 7.22. The van der Waals surface area contributed by atoms with Gasteiger partial charge in [0.2, 0.25) is 17.7 Å². The average molecular weight is 669 g/mol. The Kier molecular flexibility index (Phi) is 16.1. The molecule has 4 atom stereocenters. The van der Waals surface area contributed by atoms with E-state index in [1.165, 1.54) is 0 Å². The Morgan fingerprint density at radius 2 is 1.17 bits per heavy atom. The predicted octanol–water partition coefficient (Wildman–Crippen LogP) is 3.43. The molecule has 2 aromatic carbocycles. The zero-order valence-electron chi connectivity index (χ0n) is 28.3. The number of rotatable bonds is 18. The van der Waals surface area contributed by atoms with Crippen LogP contribution in [-0.2, 0) is 51.4 Å². The Bertz CT molecular complexity index is 1360. The lowest BCUT2D eigenvalue weighted by atomic mass is 9.97. The highest BCUT2D eigenvalue weighted by atomic mass is 16.6. The smallest absolute Gasteiger partial charge is 0.408 e. The first kappa shape index (κ1) is 39.2. The molecule has 4 amide bonds. The predicted molar refractivity (Wildman–Crippen MR) is 177 cm³/mol. The highest BCUT2D eigenvalue weighted by molar-refractivity contribution is 5.94. The molecule has 0 radical (unpaired) electrons. The first-order valence-electron chi connectivity index (χ1n) is 16.0. The standard InChI is InChI=1S/C35H48N4O9/c1-6-23(2)30(39-34(45)48-35(3,4)5)33(44)38-27(18-20-29(41)47-22-25-15-11-8-12-16-25)32(43)37-26(31(36)42)17-19-28(40)46-21-24-13-9-7-10-14-24/h7-16,23,26-27,30H,6,17-22H2,1-5H3,(H2,36,42)(H,37,43)(H,38,44)(H,39,45)/t23-,26-,27-,30+/m0/s1. The van der Waals surface area contributed by atoms with Crippen molar-refractivity contribution >= 4 is 35.8 Å². The van der Waals surface area contributed by atoms with E-state index < -0.39 is 59.5 Å². The minimum Gasteiger partial charge on any atom is -0.461 e. The number of ether oxygens (including phenoxy) is 3. The molecule has 0 aliphatic rings. The van der Waals surface area contributed by atoms with Crippen molar-refractivity contribution in [2.24, 2.45) is 11.7 Å². The van der Waals surface area contributed by atoms with Crippen LogP contribution in [0.2, 0.25) is 0 Å². The van der Waals surface area contributed by atoms with Crippen LogP contribution < -0.4 is 21.7 Å². The molecule has 13 nitrogen and oxygen atoms in total. The summed E-state index contributed by atoms with van der Waals surface area (Å²) in [7, 11) is 0. The Balaban J connectivity index is 2.14. The van der Waals surface area contributed by atoms with E-state index in [2.05, 4.69) is 16.0 Å². The third kappa shape index (κ3) is 15.1. The zero-order chi connectivity index (χ0) is 35.7. The van der Waals surface area contributed by atoms with Crippen LogP contribution in [0.5, 0.6) is 0 Å². The van der Waals surface area contributed by atoms with Gasteiger partial charge in [0, 0.05) is 12.8 Å². The molecular weight excluding hydrogens is 620 g/mol. The summed E-state index contributed by atoms with van der Waals surface area (Å²) >= 11 is 0. The van der Waals surface area contributed by atoms with Crippen LogP contribution in [0, 0.1) is 5.92 Å². The molecule has 262 valence electrons. The van der Waals surface area contributed by atoms with E-state index in [4.69, 9.17) is 19.9 Å². The Morgan fingerprint density at radius 3 is 1.60 bits per heavy atom. The number of primary amides is 1. The van der Waals surface area contributed by atoms with E-state index in [1.807, 2.05) is 19.1 Å². The highest BCUT2D eigenvalue weighted by Gasteiger charge is 2.33. The summed E-state index contributed by atoms with van der Waals surface area (Å²) in [4.78, 5) is 76.8. The molecule has 0 aliphatic carbocycles. The second-order valence-electron chi connectivity index (χ2n) is 12.4. The Morgan fingerprint density at radius 1 is 0.708 bits per heavy atom. The summed E-state index contributed by atoms with van der Waals surface area (Å²) in [5.74, 6) is -4.01. The summed E-state index contributed by atoms with van der Waals surface area (Å²) < 4.78 is 15.9. The average Bonchev–Trinajstić information content (AvgIpc) is 3.04. The molecule has 0 fully saturated rings. The topological polar surface area (TPSA) is 192 Å². The van der Waals surface area contributed by atoms with Crippen LogP contribution in [-0.4, -0.2) is 59.5 Å². The van der Waals surface area contributed by atoms with E-state index in [9.17, 15) is 28.8 Å². The minimum absolute atomic E-state index is 0.0168. The summed E-state index contributed by atoms with van der Waals surface area (Å²) in [6.07, 6.45) is -1.16. The Hall–Kier alpha value is -4.94. The molecule has 0 aliphatic heterocycles. The zero-order valence-corrected chi connectivity index (χ0v) is 28.3. The van der Waals surface area contributed by atoms with Crippen LogP contribution in [0.4, 0.5) is 4.79 Å². The van der Waals surface area contributed by atoms with Gasteiger partial charge in [0.15, 0.2) is 0 Å². The van der Waals surface area contributed by atoms with Gasteiger partial charge in [-0.15, -0.1) is 0 Å². The summed E-state index contributed by atoms with van der Waals surface area (Å²) in [5, 5.41) is 7.66. The molecule has 0 spiro atoms. The highest BCUT2D eigenvalue weighted by Crippen LogP contribution is 2.13. The molecule has 0 unspecified atom stereocenters. The molecule has 5 N–H and O–H groups in total. The van der Waals surface area contributed by atoms with Crippen molar-refractivity contribution in [1.29, 1.82) is 0 Å². The second-order valence-corrected chi connectivity index (χ2v) is 12.4. The third-order valence-electron chi connectivity index (χ3n) is 7.22. The molecular formula is C35H48N4O9. The van der Waals surface area contributed by atoms with Crippen molar-refractivity contribution in [2.45, 2.75) is 104 Å². The molecule has 2 aromatic rings. The number of amides is 4. The second kappa shape index (κ2) is 19.7. The maximum atomic E-state index is 13.5. The van der Waals surface area contributed by atoms with Gasteiger partial charge in [0.05, 0.1) is 0 Å². The number of carbonyl (C=O) groups excluding carboxylic acids is 6. The molecule has 48 heavy (non-hydrogen) atoms. The lowest BCUT2D eigenvalue weighted by Crippen LogP contribution is -2.58. The molecule has 13 heteroatoms. The van der Waals surface area contributed by atoms with Gasteiger partial charge >= 0.3 is 18.0 Å². The van der Waals surface area contributed by atoms with Crippen molar-refractivity contribution in [2.75, 3.05) is 0 Å². The number of hydrogen-bond donors (Lipinski definition) is 4. The van der Waals surface area contributed by atoms with E-state index >= 15 is 0 Å². The fourth-order valence-electron chi connectivity index (χ4n) is 4.37. The summed E-state index contributed by atoms with van der Waals surface area (Å²) in [5.41, 5.74) is 6.27. The largest absolute Gasteiger partial charge is 0.461 e. The van der Waals surface area contributed by atoms with Crippen molar-refractivity contribution in [3.05, 3.63) is 71.8 Å². The van der Waals surface area contributed by atoms with Crippen molar-refractivity contribution in [3.63, 3.8) is 0 Å². The molecule has 2 rings (SSSR count). The van der Waals surface area contributed by atoms with E-state index in [0.29, 0.717) is 6.42 Å². The van der Waals surface area contributed by atoms with Crippen LogP contribution >= 0.6 is 0 Å². The van der Waals surface area contributed by atoms with Crippen LogP contribution in [0.1, 0.15) is 77.8 Å². The number of hydrogen-bond acceptors (Lipinski definition) is 9. The maximum absolute atomic E-state index is 13.5. The first-order valence-corrected chi connectivity index (χ1v) is 16.0. The van der Waals surface area contributed by atoms with Gasteiger partial charge in [-0.25, -0.2) is 4.79 Å². The quantitative estimate of drug-likeness (QED) is 0.136. The molecule has 0 heterocycles.